The first kappa shape index (κ1) is 32.8. The van der Waals surface area contributed by atoms with Crippen molar-refractivity contribution < 1.29 is 0 Å². The standard InChI is InChI=1S/C25H58N6S2/c1-20(2,3)26-32(27-21(4,5)6,28-22(7,8)9)19-33(29-23(10,11)12,30-24(13,14)15)31-25(16,17)18/h19H2,1-18H3,(H,26,27,28)(H,29,30,31). The molecular weight excluding hydrogens is 448 g/mol. The Hall–Kier alpha value is -0.180. The summed E-state index contributed by atoms with van der Waals surface area (Å²) in [6, 6.07) is 0. The molecule has 6 nitrogen and oxygen atoms in total. The second-order valence-electron chi connectivity index (χ2n) is 15.2. The first-order valence-corrected chi connectivity index (χ1v) is 15.5. The summed E-state index contributed by atoms with van der Waals surface area (Å²) in [4.78, 5) is 0. The van der Waals surface area contributed by atoms with Crippen LogP contribution >= 0.6 is 0 Å². The first-order chi connectivity index (χ1) is 13.9. The van der Waals surface area contributed by atoms with Crippen molar-refractivity contribution >= 4 is 19.6 Å². The second-order valence-corrected chi connectivity index (χ2v) is 20.0. The molecule has 0 radical (unpaired) electrons. The van der Waals surface area contributed by atoms with Gasteiger partial charge in [-0.05, 0) is 125 Å². The normalized spacial score (nSPS) is 15.3. The van der Waals surface area contributed by atoms with Gasteiger partial charge in [0, 0.05) is 30.7 Å². The zero-order chi connectivity index (χ0) is 26.9. The molecule has 200 valence electrons. The average molecular weight is 507 g/mol. The van der Waals surface area contributed by atoms with Crippen LogP contribution in [0.1, 0.15) is 125 Å². The molecule has 0 atom stereocenters. The molecule has 0 aromatic rings. The summed E-state index contributed by atoms with van der Waals surface area (Å²) < 4.78 is 29.6. The molecule has 0 unspecified atom stereocenters. The highest BCUT2D eigenvalue weighted by atomic mass is 32.3. The summed E-state index contributed by atoms with van der Waals surface area (Å²) in [6.07, 6.45) is 0. The Balaban J connectivity index is 7.97. The van der Waals surface area contributed by atoms with Gasteiger partial charge in [0.25, 0.3) is 0 Å². The highest BCUT2D eigenvalue weighted by Crippen LogP contribution is 2.27. The van der Waals surface area contributed by atoms with Crippen LogP contribution in [0.2, 0.25) is 0 Å². The quantitative estimate of drug-likeness (QED) is 0.408. The van der Waals surface area contributed by atoms with E-state index < -0.39 is 19.6 Å². The molecule has 0 bridgehead atoms. The fraction of sp³-hybridized carbons (Fsp3) is 1.00. The van der Waals surface area contributed by atoms with E-state index >= 15 is 0 Å². The van der Waals surface area contributed by atoms with Gasteiger partial charge >= 0.3 is 0 Å². The van der Waals surface area contributed by atoms with Gasteiger partial charge in [-0.3, -0.25) is 0 Å². The molecule has 8 heteroatoms. The highest BCUT2D eigenvalue weighted by Gasteiger charge is 2.31. The van der Waals surface area contributed by atoms with Crippen molar-refractivity contribution in [1.29, 1.82) is 0 Å². The Morgan fingerprint density at radius 3 is 0.697 bits per heavy atom. The molecule has 0 aliphatic heterocycles. The van der Waals surface area contributed by atoms with E-state index in [1.54, 1.807) is 0 Å². The van der Waals surface area contributed by atoms with Crippen LogP contribution in [0.4, 0.5) is 0 Å². The van der Waals surface area contributed by atoms with Crippen molar-refractivity contribution in [2.75, 3.05) is 5.08 Å². The monoisotopic (exact) mass is 506 g/mol. The Bertz CT molecular complexity index is 773. The molecule has 0 aliphatic carbocycles. The van der Waals surface area contributed by atoms with E-state index in [9.17, 15) is 0 Å². The maximum Gasteiger partial charge on any atom is 0.105 e. The predicted molar refractivity (Wildman–Crippen MR) is 154 cm³/mol. The average Bonchev–Trinajstić information content (AvgIpc) is 2.20. The third-order valence-electron chi connectivity index (χ3n) is 2.97. The Morgan fingerprint density at radius 1 is 0.394 bits per heavy atom. The highest BCUT2D eigenvalue weighted by molar-refractivity contribution is 8.10. The Kier molecular flexibility index (Phi) is 10.0. The summed E-state index contributed by atoms with van der Waals surface area (Å²) in [7, 11) is -4.11. The van der Waals surface area contributed by atoms with E-state index in [4.69, 9.17) is 17.5 Å². The molecule has 0 saturated heterocycles. The van der Waals surface area contributed by atoms with Crippen LogP contribution in [0.15, 0.2) is 17.5 Å². The fourth-order valence-corrected chi connectivity index (χ4v) is 12.3. The molecule has 2 N–H and O–H groups in total. The minimum atomic E-state index is -2.06. The third-order valence-corrected chi connectivity index (χ3v) is 10.9. The summed E-state index contributed by atoms with van der Waals surface area (Å²) in [6.45, 7) is 39.1. The van der Waals surface area contributed by atoms with Gasteiger partial charge in [-0.1, -0.05) is 0 Å². The molecule has 0 heterocycles. The first-order valence-electron chi connectivity index (χ1n) is 12.1. The lowest BCUT2D eigenvalue weighted by atomic mass is 10.1. The third kappa shape index (κ3) is 16.2. The predicted octanol–water partition coefficient (Wildman–Crippen LogP) is 7.79. The molecule has 0 aliphatic rings. The van der Waals surface area contributed by atoms with Crippen molar-refractivity contribution in [2.24, 2.45) is 17.5 Å². The van der Waals surface area contributed by atoms with Crippen LogP contribution in [0.3, 0.4) is 0 Å². The maximum absolute atomic E-state index is 5.45. The van der Waals surface area contributed by atoms with Gasteiger partial charge in [0.2, 0.25) is 0 Å². The molecule has 0 amide bonds. The summed E-state index contributed by atoms with van der Waals surface area (Å²) in [5.74, 6) is 0. The van der Waals surface area contributed by atoms with Gasteiger partial charge in [-0.15, -0.1) is 0 Å². The number of rotatable bonds is 4. The van der Waals surface area contributed by atoms with Crippen molar-refractivity contribution in [3.05, 3.63) is 0 Å². The van der Waals surface area contributed by atoms with Gasteiger partial charge in [-0.25, -0.2) is 26.9 Å². The van der Waals surface area contributed by atoms with Gasteiger partial charge in [0.05, 0.1) is 22.2 Å². The number of nitrogens with one attached hydrogen (secondary N) is 2. The van der Waals surface area contributed by atoms with E-state index in [0.717, 1.165) is 0 Å². The molecule has 0 saturated carbocycles. The van der Waals surface area contributed by atoms with Crippen molar-refractivity contribution in [1.82, 2.24) is 9.44 Å². The minimum Gasteiger partial charge on any atom is -0.242 e. The molecule has 0 spiro atoms. The lowest BCUT2D eigenvalue weighted by Gasteiger charge is -2.38. The molecular formula is C25H58N6S2. The van der Waals surface area contributed by atoms with E-state index in [0.29, 0.717) is 5.08 Å². The Morgan fingerprint density at radius 2 is 0.576 bits per heavy atom. The summed E-state index contributed by atoms with van der Waals surface area (Å²) in [5, 5.41) is 0.637. The Labute approximate surface area is 209 Å². The summed E-state index contributed by atoms with van der Waals surface area (Å²) >= 11 is 0. The lowest BCUT2D eigenvalue weighted by Crippen LogP contribution is -2.50. The van der Waals surface area contributed by atoms with Gasteiger partial charge in [-0.2, -0.15) is 0 Å². The lowest BCUT2D eigenvalue weighted by molar-refractivity contribution is 0.517. The summed E-state index contributed by atoms with van der Waals surface area (Å²) in [5.41, 5.74) is -1.40. The van der Waals surface area contributed by atoms with Gasteiger partial charge in [0.15, 0.2) is 0 Å². The van der Waals surface area contributed by atoms with E-state index in [-0.39, 0.29) is 33.2 Å². The molecule has 0 rings (SSSR count). The molecule has 0 aromatic carbocycles. The van der Waals surface area contributed by atoms with Crippen LogP contribution in [0, 0.1) is 0 Å². The van der Waals surface area contributed by atoms with E-state index in [1.807, 2.05) is 0 Å². The van der Waals surface area contributed by atoms with E-state index in [2.05, 4.69) is 134 Å². The minimum absolute atomic E-state index is 0.171. The van der Waals surface area contributed by atoms with E-state index in [1.165, 1.54) is 0 Å². The SMILES string of the molecule is CC(C)(C)N=S(CS(=NC(C)(C)C)(=NC(C)(C)C)NC(C)(C)C)(=NC(C)(C)C)NC(C)(C)C. The fourth-order valence-electron chi connectivity index (χ4n) is 3.32. The van der Waals surface area contributed by atoms with Crippen LogP contribution < -0.4 is 9.44 Å². The molecule has 0 aromatic heterocycles. The smallest absolute Gasteiger partial charge is 0.105 e. The van der Waals surface area contributed by atoms with Crippen LogP contribution in [-0.2, 0) is 19.6 Å². The topological polar surface area (TPSA) is 73.5 Å². The number of nitrogens with zero attached hydrogens (tertiary/aromatic N) is 4. The molecule has 33 heavy (non-hydrogen) atoms. The largest absolute Gasteiger partial charge is 0.242 e. The van der Waals surface area contributed by atoms with Crippen molar-refractivity contribution in [2.45, 2.75) is 158 Å². The zero-order valence-corrected chi connectivity index (χ0v) is 26.9. The number of hydrogen-bond acceptors (Lipinski definition) is 4. The molecule has 0 fully saturated rings. The van der Waals surface area contributed by atoms with Crippen LogP contribution in [0.25, 0.3) is 0 Å². The van der Waals surface area contributed by atoms with Crippen LogP contribution in [0.5, 0.6) is 0 Å². The van der Waals surface area contributed by atoms with Crippen molar-refractivity contribution in [3.8, 4) is 0 Å². The van der Waals surface area contributed by atoms with Crippen LogP contribution in [-0.4, -0.2) is 38.3 Å². The van der Waals surface area contributed by atoms with Gasteiger partial charge in [0.1, 0.15) is 5.08 Å². The number of hydrogen-bond donors (Lipinski definition) is 2. The zero-order valence-electron chi connectivity index (χ0n) is 25.3. The second kappa shape index (κ2) is 10.1. The maximum atomic E-state index is 5.45. The van der Waals surface area contributed by atoms with Gasteiger partial charge < -0.3 is 0 Å². The van der Waals surface area contributed by atoms with Crippen molar-refractivity contribution in [3.63, 3.8) is 0 Å².